The minimum absolute atomic E-state index is 0. The van der Waals surface area contributed by atoms with Crippen LogP contribution in [0.3, 0.4) is 0 Å². The molecule has 1 unspecified atom stereocenters. The first-order chi connectivity index (χ1) is 13.2. The second-order valence-corrected chi connectivity index (χ2v) is 8.23. The molecule has 2 aromatic rings. The number of piperidine rings is 1. The number of aliphatic imine (C=N–C) groups is 1. The first-order valence-electron chi connectivity index (χ1n) is 9.98. The topological polar surface area (TPSA) is 52.6 Å². The molecule has 154 valence electrons. The average molecular weight is 513 g/mol. The fourth-order valence-electron chi connectivity index (χ4n) is 3.33. The summed E-state index contributed by atoms with van der Waals surface area (Å²) in [5.41, 5.74) is 2.62. The number of hydrogen-bond donors (Lipinski definition) is 2. The molecule has 2 N–H and O–H groups in total. The lowest BCUT2D eigenvalue weighted by molar-refractivity contribution is 0.468. The van der Waals surface area contributed by atoms with Crippen molar-refractivity contribution in [3.8, 4) is 0 Å². The number of aromatic nitrogens is 1. The van der Waals surface area contributed by atoms with Crippen LogP contribution in [0.5, 0.6) is 0 Å². The monoisotopic (exact) mass is 513 g/mol. The molecule has 28 heavy (non-hydrogen) atoms. The molecule has 1 saturated heterocycles. The quantitative estimate of drug-likeness (QED) is 0.343. The SMILES string of the molecule is CCNC(=NCc1ncc(CC)s1)NC1CCCN(c2ccc(C)cc2)C1.I. The standard InChI is InChI=1S/C21H31N5S.HI/c1-4-19-13-23-20(27-19)14-24-21(22-5-2)25-17-7-6-12-26(15-17)18-10-8-16(3)9-11-18;/h8-11,13,17H,4-7,12,14-15H2,1-3H3,(H2,22,24,25);1H. The molecule has 1 aliphatic heterocycles. The molecular weight excluding hydrogens is 481 g/mol. The van der Waals surface area contributed by atoms with Crippen LogP contribution in [0.4, 0.5) is 5.69 Å². The molecule has 3 rings (SSSR count). The fourth-order valence-corrected chi connectivity index (χ4v) is 4.12. The van der Waals surface area contributed by atoms with Crippen LogP contribution in [-0.2, 0) is 13.0 Å². The predicted octanol–water partition coefficient (Wildman–Crippen LogP) is 4.36. The number of benzene rings is 1. The Kier molecular flexibility index (Phi) is 9.50. The zero-order valence-corrected chi connectivity index (χ0v) is 20.2. The lowest BCUT2D eigenvalue weighted by atomic mass is 10.0. The Labute approximate surface area is 190 Å². The molecule has 0 amide bonds. The fraction of sp³-hybridized carbons (Fsp3) is 0.524. The summed E-state index contributed by atoms with van der Waals surface area (Å²) in [6.07, 6.45) is 5.37. The summed E-state index contributed by atoms with van der Waals surface area (Å²) in [5, 5.41) is 8.09. The summed E-state index contributed by atoms with van der Waals surface area (Å²) in [5.74, 6) is 0.890. The van der Waals surface area contributed by atoms with Gasteiger partial charge in [-0.25, -0.2) is 9.98 Å². The molecule has 0 saturated carbocycles. The van der Waals surface area contributed by atoms with Gasteiger partial charge >= 0.3 is 0 Å². The normalized spacial score (nSPS) is 17.2. The Balaban J connectivity index is 0.00000280. The Morgan fingerprint density at radius 2 is 2.07 bits per heavy atom. The van der Waals surface area contributed by atoms with E-state index in [1.54, 1.807) is 11.3 Å². The second-order valence-electron chi connectivity index (χ2n) is 7.03. The van der Waals surface area contributed by atoms with Gasteiger partial charge < -0.3 is 15.5 Å². The molecule has 2 heterocycles. The van der Waals surface area contributed by atoms with Crippen LogP contribution >= 0.6 is 35.3 Å². The van der Waals surface area contributed by atoms with Crippen molar-refractivity contribution in [2.45, 2.75) is 52.6 Å². The van der Waals surface area contributed by atoms with Crippen molar-refractivity contribution in [1.82, 2.24) is 15.6 Å². The number of nitrogens with one attached hydrogen (secondary N) is 2. The maximum absolute atomic E-state index is 4.76. The smallest absolute Gasteiger partial charge is 0.191 e. The molecule has 1 fully saturated rings. The Morgan fingerprint density at radius 3 is 2.75 bits per heavy atom. The Morgan fingerprint density at radius 1 is 1.29 bits per heavy atom. The van der Waals surface area contributed by atoms with E-state index < -0.39 is 0 Å². The lowest BCUT2D eigenvalue weighted by Crippen LogP contribution is -2.51. The van der Waals surface area contributed by atoms with E-state index in [0.717, 1.165) is 37.0 Å². The molecule has 0 bridgehead atoms. The third kappa shape index (κ3) is 6.62. The van der Waals surface area contributed by atoms with E-state index in [0.29, 0.717) is 12.6 Å². The van der Waals surface area contributed by atoms with Gasteiger partial charge in [-0.05, 0) is 45.2 Å². The van der Waals surface area contributed by atoms with Crippen molar-refractivity contribution in [2.75, 3.05) is 24.5 Å². The van der Waals surface area contributed by atoms with Crippen molar-refractivity contribution in [1.29, 1.82) is 0 Å². The highest BCUT2D eigenvalue weighted by Crippen LogP contribution is 2.20. The highest BCUT2D eigenvalue weighted by molar-refractivity contribution is 14.0. The molecule has 0 radical (unpaired) electrons. The highest BCUT2D eigenvalue weighted by Gasteiger charge is 2.21. The van der Waals surface area contributed by atoms with Crippen molar-refractivity contribution >= 4 is 47.0 Å². The number of thiazole rings is 1. The minimum atomic E-state index is 0. The molecule has 7 heteroatoms. The van der Waals surface area contributed by atoms with Gasteiger partial charge in [-0.2, -0.15) is 0 Å². The van der Waals surface area contributed by atoms with Gasteiger partial charge in [-0.3, -0.25) is 0 Å². The van der Waals surface area contributed by atoms with E-state index in [4.69, 9.17) is 4.99 Å². The molecule has 1 atom stereocenters. The maximum Gasteiger partial charge on any atom is 0.191 e. The number of guanidine groups is 1. The van der Waals surface area contributed by atoms with Crippen LogP contribution < -0.4 is 15.5 Å². The van der Waals surface area contributed by atoms with Crippen molar-refractivity contribution in [3.05, 3.63) is 45.9 Å². The number of aryl methyl sites for hydroxylation is 2. The summed E-state index contributed by atoms with van der Waals surface area (Å²) in [6, 6.07) is 9.24. The zero-order chi connectivity index (χ0) is 19.1. The van der Waals surface area contributed by atoms with E-state index in [1.807, 2.05) is 6.20 Å². The van der Waals surface area contributed by atoms with Crippen molar-refractivity contribution < 1.29 is 0 Å². The van der Waals surface area contributed by atoms with Gasteiger partial charge in [0.15, 0.2) is 5.96 Å². The van der Waals surface area contributed by atoms with Gasteiger partial charge in [-0.15, -0.1) is 35.3 Å². The Bertz CT molecular complexity index is 744. The van der Waals surface area contributed by atoms with E-state index in [1.165, 1.54) is 29.0 Å². The summed E-state index contributed by atoms with van der Waals surface area (Å²) < 4.78 is 0. The van der Waals surface area contributed by atoms with Crippen LogP contribution in [-0.4, -0.2) is 36.6 Å². The number of anilines is 1. The van der Waals surface area contributed by atoms with E-state index >= 15 is 0 Å². The molecule has 1 aromatic heterocycles. The van der Waals surface area contributed by atoms with Gasteiger partial charge in [0.2, 0.25) is 0 Å². The predicted molar refractivity (Wildman–Crippen MR) is 131 cm³/mol. The van der Waals surface area contributed by atoms with Crippen LogP contribution in [0.25, 0.3) is 0 Å². The summed E-state index contributed by atoms with van der Waals surface area (Å²) in [4.78, 5) is 13.0. The van der Waals surface area contributed by atoms with Crippen LogP contribution in [0.15, 0.2) is 35.5 Å². The highest BCUT2D eigenvalue weighted by atomic mass is 127. The average Bonchev–Trinajstić information content (AvgIpc) is 3.15. The van der Waals surface area contributed by atoms with Crippen LogP contribution in [0, 0.1) is 6.92 Å². The third-order valence-corrected chi connectivity index (χ3v) is 5.95. The van der Waals surface area contributed by atoms with Crippen molar-refractivity contribution in [2.24, 2.45) is 4.99 Å². The van der Waals surface area contributed by atoms with E-state index in [-0.39, 0.29) is 24.0 Å². The molecule has 1 aromatic carbocycles. The molecule has 1 aliphatic rings. The Hall–Kier alpha value is -1.35. The minimum Gasteiger partial charge on any atom is -0.369 e. The number of rotatable bonds is 6. The third-order valence-electron chi connectivity index (χ3n) is 4.83. The molecule has 5 nitrogen and oxygen atoms in total. The van der Waals surface area contributed by atoms with Gasteiger partial charge in [0.25, 0.3) is 0 Å². The second kappa shape index (κ2) is 11.6. The number of halogens is 1. The number of nitrogens with zero attached hydrogens (tertiary/aromatic N) is 3. The van der Waals surface area contributed by atoms with Gasteiger partial charge in [-0.1, -0.05) is 24.6 Å². The molecular formula is C21H32IN5S. The van der Waals surface area contributed by atoms with Crippen LogP contribution in [0.1, 0.15) is 42.1 Å². The zero-order valence-electron chi connectivity index (χ0n) is 17.1. The van der Waals surface area contributed by atoms with Gasteiger partial charge in [0.1, 0.15) is 5.01 Å². The molecule has 0 aliphatic carbocycles. The summed E-state index contributed by atoms with van der Waals surface area (Å²) in [6.45, 7) is 10.0. The van der Waals surface area contributed by atoms with Gasteiger partial charge in [0.05, 0.1) is 6.54 Å². The van der Waals surface area contributed by atoms with Gasteiger partial charge in [0, 0.05) is 42.4 Å². The number of hydrogen-bond acceptors (Lipinski definition) is 4. The van der Waals surface area contributed by atoms with Crippen molar-refractivity contribution in [3.63, 3.8) is 0 Å². The van der Waals surface area contributed by atoms with E-state index in [9.17, 15) is 0 Å². The lowest BCUT2D eigenvalue weighted by Gasteiger charge is -2.35. The summed E-state index contributed by atoms with van der Waals surface area (Å²) >= 11 is 1.76. The molecule has 0 spiro atoms. The van der Waals surface area contributed by atoms with E-state index in [2.05, 4.69) is 65.6 Å². The van der Waals surface area contributed by atoms with Crippen LogP contribution in [0.2, 0.25) is 0 Å². The largest absolute Gasteiger partial charge is 0.369 e. The maximum atomic E-state index is 4.76. The first-order valence-corrected chi connectivity index (χ1v) is 10.8. The first kappa shape index (κ1) is 22.9. The summed E-state index contributed by atoms with van der Waals surface area (Å²) in [7, 11) is 0.